The largest absolute Gasteiger partial charge is 0.455 e. The van der Waals surface area contributed by atoms with E-state index in [1.807, 2.05) is 60.7 Å². The fourth-order valence-corrected chi connectivity index (χ4v) is 7.10. The van der Waals surface area contributed by atoms with E-state index in [0.29, 0.717) is 17.5 Å². The van der Waals surface area contributed by atoms with Crippen molar-refractivity contribution in [1.29, 1.82) is 0 Å². The van der Waals surface area contributed by atoms with Crippen LogP contribution in [0, 0.1) is 0 Å². The van der Waals surface area contributed by atoms with Gasteiger partial charge in [0.15, 0.2) is 17.5 Å². The first-order valence-corrected chi connectivity index (χ1v) is 16.7. The molecule has 0 amide bonds. The molecule has 0 saturated carbocycles. The molecular weight excluding hydrogens is 613 g/mol. The molecule has 0 unspecified atom stereocenters. The van der Waals surface area contributed by atoms with E-state index in [2.05, 4.69) is 114 Å². The van der Waals surface area contributed by atoms with Crippen LogP contribution >= 0.6 is 0 Å². The lowest BCUT2D eigenvalue weighted by molar-refractivity contribution is 0.670. The molecule has 0 atom stereocenters. The topological polar surface area (TPSA) is 56.7 Å². The number of furan rings is 1. The molecule has 10 rings (SSSR count). The number of para-hydroxylation sites is 3. The predicted molar refractivity (Wildman–Crippen MR) is 203 cm³/mol. The van der Waals surface area contributed by atoms with Crippen LogP contribution < -0.4 is 0 Å². The van der Waals surface area contributed by atoms with Gasteiger partial charge in [-0.2, -0.15) is 0 Å². The highest BCUT2D eigenvalue weighted by molar-refractivity contribution is 6.13. The van der Waals surface area contributed by atoms with Gasteiger partial charge in [0.1, 0.15) is 11.2 Å². The average Bonchev–Trinajstić information content (AvgIpc) is 3.74. The number of hydrogen-bond acceptors (Lipinski definition) is 4. The zero-order valence-electron chi connectivity index (χ0n) is 26.9. The molecular formula is C45H28N4O. The summed E-state index contributed by atoms with van der Waals surface area (Å²) in [6, 6.07) is 58.6. The fraction of sp³-hybridized carbons (Fsp3) is 0. The van der Waals surface area contributed by atoms with Crippen molar-refractivity contribution in [1.82, 2.24) is 19.5 Å². The normalized spacial score (nSPS) is 11.6. The summed E-state index contributed by atoms with van der Waals surface area (Å²) in [5.74, 6) is 1.86. The molecule has 5 heteroatoms. The van der Waals surface area contributed by atoms with Gasteiger partial charge in [0, 0.05) is 49.5 Å². The number of aromatic nitrogens is 4. The van der Waals surface area contributed by atoms with Crippen molar-refractivity contribution < 1.29 is 4.42 Å². The van der Waals surface area contributed by atoms with E-state index >= 15 is 0 Å². The lowest BCUT2D eigenvalue weighted by Crippen LogP contribution is -2.00. The Morgan fingerprint density at radius 1 is 0.380 bits per heavy atom. The summed E-state index contributed by atoms with van der Waals surface area (Å²) in [7, 11) is 0. The van der Waals surface area contributed by atoms with Gasteiger partial charge in [0.25, 0.3) is 0 Å². The standard InChI is InChI=1S/C45H28N4O/c1-4-13-29(14-5-1)43-46-44(30-15-6-2-7-16-30)48-45(47-43)32-24-26-37-38-21-12-20-34(42(38)50-41(37)28-32)31-23-25-36-35-19-10-11-22-39(35)49(40(36)27-31)33-17-8-3-9-18-33/h1-28H. The van der Waals surface area contributed by atoms with Gasteiger partial charge in [0.2, 0.25) is 0 Å². The van der Waals surface area contributed by atoms with Gasteiger partial charge >= 0.3 is 0 Å². The van der Waals surface area contributed by atoms with Crippen LogP contribution in [0.25, 0.3) is 94.7 Å². The lowest BCUT2D eigenvalue weighted by atomic mass is 10.0. The van der Waals surface area contributed by atoms with Gasteiger partial charge in [-0.15, -0.1) is 0 Å². The molecule has 0 aliphatic heterocycles. The molecule has 0 spiro atoms. The predicted octanol–water partition coefficient (Wildman–Crippen LogP) is 11.5. The summed E-state index contributed by atoms with van der Waals surface area (Å²) in [6.45, 7) is 0. The molecule has 0 bridgehead atoms. The van der Waals surface area contributed by atoms with Crippen molar-refractivity contribution in [3.63, 3.8) is 0 Å². The lowest BCUT2D eigenvalue weighted by Gasteiger charge is -2.09. The molecule has 10 aromatic rings. The number of fused-ring (bicyclic) bond motifs is 6. The van der Waals surface area contributed by atoms with Crippen LogP contribution in [0.15, 0.2) is 174 Å². The van der Waals surface area contributed by atoms with Crippen LogP contribution in [0.1, 0.15) is 0 Å². The third kappa shape index (κ3) is 4.60. The molecule has 0 aliphatic rings. The van der Waals surface area contributed by atoms with Crippen LogP contribution in [-0.4, -0.2) is 19.5 Å². The second kappa shape index (κ2) is 11.4. The molecule has 0 saturated heterocycles. The maximum Gasteiger partial charge on any atom is 0.164 e. The SMILES string of the molecule is c1ccc(-c2nc(-c3ccccc3)nc(-c3ccc4c(c3)oc3c(-c5ccc6c7ccccc7n(-c7ccccc7)c6c5)cccc34)n2)cc1. The van der Waals surface area contributed by atoms with Crippen molar-refractivity contribution in [3.8, 4) is 51.0 Å². The zero-order valence-corrected chi connectivity index (χ0v) is 26.9. The first kappa shape index (κ1) is 28.2. The van der Waals surface area contributed by atoms with Gasteiger partial charge < -0.3 is 8.98 Å². The van der Waals surface area contributed by atoms with E-state index in [1.165, 1.54) is 16.3 Å². The molecule has 3 heterocycles. The van der Waals surface area contributed by atoms with Gasteiger partial charge in [-0.05, 0) is 42.0 Å². The molecule has 0 aliphatic carbocycles. The smallest absolute Gasteiger partial charge is 0.164 e. The van der Waals surface area contributed by atoms with Crippen molar-refractivity contribution in [2.75, 3.05) is 0 Å². The summed E-state index contributed by atoms with van der Waals surface area (Å²) in [6.07, 6.45) is 0. The monoisotopic (exact) mass is 640 g/mol. The van der Waals surface area contributed by atoms with E-state index < -0.39 is 0 Å². The Morgan fingerprint density at radius 3 is 1.66 bits per heavy atom. The number of rotatable bonds is 5. The quantitative estimate of drug-likeness (QED) is 0.188. The second-order valence-electron chi connectivity index (χ2n) is 12.5. The molecule has 0 N–H and O–H groups in total. The van der Waals surface area contributed by atoms with Crippen LogP contribution in [-0.2, 0) is 0 Å². The molecule has 5 nitrogen and oxygen atoms in total. The summed E-state index contributed by atoms with van der Waals surface area (Å²) in [5, 5.41) is 4.57. The molecule has 0 fully saturated rings. The van der Waals surface area contributed by atoms with Crippen LogP contribution in [0.5, 0.6) is 0 Å². The summed E-state index contributed by atoms with van der Waals surface area (Å²) in [4.78, 5) is 14.7. The van der Waals surface area contributed by atoms with E-state index in [4.69, 9.17) is 19.4 Å². The van der Waals surface area contributed by atoms with Gasteiger partial charge in [-0.1, -0.05) is 133 Å². The highest BCUT2D eigenvalue weighted by atomic mass is 16.3. The molecule has 3 aromatic heterocycles. The Labute approximate surface area is 287 Å². The first-order chi connectivity index (χ1) is 24.8. The second-order valence-corrected chi connectivity index (χ2v) is 12.5. The fourth-order valence-electron chi connectivity index (χ4n) is 7.10. The Balaban J connectivity index is 1.13. The highest BCUT2D eigenvalue weighted by Gasteiger charge is 2.18. The van der Waals surface area contributed by atoms with E-state index in [0.717, 1.165) is 61.0 Å². The van der Waals surface area contributed by atoms with E-state index in [9.17, 15) is 0 Å². The minimum absolute atomic E-state index is 0.597. The van der Waals surface area contributed by atoms with Crippen LogP contribution in [0.2, 0.25) is 0 Å². The van der Waals surface area contributed by atoms with E-state index in [1.54, 1.807) is 0 Å². The highest BCUT2D eigenvalue weighted by Crippen LogP contribution is 2.40. The number of hydrogen-bond donors (Lipinski definition) is 0. The minimum Gasteiger partial charge on any atom is -0.455 e. The Morgan fingerprint density at radius 2 is 0.940 bits per heavy atom. The maximum absolute atomic E-state index is 6.74. The molecule has 7 aromatic carbocycles. The number of nitrogens with zero attached hydrogens (tertiary/aromatic N) is 4. The van der Waals surface area contributed by atoms with Crippen molar-refractivity contribution in [3.05, 3.63) is 170 Å². The van der Waals surface area contributed by atoms with Crippen LogP contribution in [0.4, 0.5) is 0 Å². The third-order valence-electron chi connectivity index (χ3n) is 9.46. The summed E-state index contributed by atoms with van der Waals surface area (Å²) >= 11 is 0. The third-order valence-corrected chi connectivity index (χ3v) is 9.46. The van der Waals surface area contributed by atoms with E-state index in [-0.39, 0.29) is 0 Å². The first-order valence-electron chi connectivity index (χ1n) is 16.7. The Kier molecular flexibility index (Phi) is 6.42. The summed E-state index contributed by atoms with van der Waals surface area (Å²) in [5.41, 5.74) is 9.99. The van der Waals surface area contributed by atoms with Crippen molar-refractivity contribution in [2.24, 2.45) is 0 Å². The van der Waals surface area contributed by atoms with Gasteiger partial charge in [0.05, 0.1) is 11.0 Å². The molecule has 234 valence electrons. The maximum atomic E-state index is 6.74. The number of benzene rings is 7. The summed E-state index contributed by atoms with van der Waals surface area (Å²) < 4.78 is 9.09. The minimum atomic E-state index is 0.597. The Bertz CT molecular complexity index is 2800. The van der Waals surface area contributed by atoms with Crippen molar-refractivity contribution in [2.45, 2.75) is 0 Å². The Hall–Kier alpha value is -6.85. The molecule has 0 radical (unpaired) electrons. The van der Waals surface area contributed by atoms with Crippen molar-refractivity contribution >= 4 is 43.7 Å². The zero-order chi connectivity index (χ0) is 33.0. The molecule has 50 heavy (non-hydrogen) atoms. The van der Waals surface area contributed by atoms with Gasteiger partial charge in [-0.25, -0.2) is 15.0 Å². The average molecular weight is 641 g/mol. The van der Waals surface area contributed by atoms with Gasteiger partial charge in [-0.3, -0.25) is 0 Å². The van der Waals surface area contributed by atoms with Crippen LogP contribution in [0.3, 0.4) is 0 Å².